The fourth-order valence-corrected chi connectivity index (χ4v) is 5.88. The molecule has 0 amide bonds. The van der Waals surface area contributed by atoms with E-state index in [4.69, 9.17) is 19.2 Å². The average molecular weight is 750 g/mol. The van der Waals surface area contributed by atoms with E-state index in [1.165, 1.54) is 23.9 Å². The van der Waals surface area contributed by atoms with Crippen molar-refractivity contribution in [1.29, 1.82) is 0 Å². The number of hydrogen-bond donors (Lipinski definition) is 0. The summed E-state index contributed by atoms with van der Waals surface area (Å²) in [6.07, 6.45) is 1.56. The number of nitrogens with zero attached hydrogens (tertiary/aromatic N) is 4. The van der Waals surface area contributed by atoms with Crippen LogP contribution in [0, 0.1) is 17.0 Å². The Hall–Kier alpha value is -4.55. The van der Waals surface area contributed by atoms with Crippen LogP contribution in [0.5, 0.6) is 17.2 Å². The molecule has 46 heavy (non-hydrogen) atoms. The van der Waals surface area contributed by atoms with E-state index in [1.54, 1.807) is 43.7 Å². The number of aromatic nitrogens is 2. The van der Waals surface area contributed by atoms with E-state index in [0.29, 0.717) is 42.7 Å². The monoisotopic (exact) mass is 748 g/mol. The minimum Gasteiger partial charge on any atom is -0.496 e. The summed E-state index contributed by atoms with van der Waals surface area (Å²) >= 11 is 7.23. The third-order valence-corrected chi connectivity index (χ3v) is 9.55. The molecule has 0 radical (unpaired) electrons. The lowest BCUT2D eigenvalue weighted by molar-refractivity contribution is -0.384. The van der Waals surface area contributed by atoms with Crippen molar-refractivity contribution >= 4 is 54.7 Å². The highest BCUT2D eigenvalue weighted by atomic mass is 79.9. The quantitative estimate of drug-likeness (QED) is 0.0800. The molecule has 0 spiro atoms. The number of benzene rings is 4. The number of para-hydroxylation sites is 1. The summed E-state index contributed by atoms with van der Waals surface area (Å²) in [5, 5.41) is 16.1. The number of hydrogen-bond acceptors (Lipinski definition) is 8. The van der Waals surface area contributed by atoms with Gasteiger partial charge in [-0.2, -0.15) is 9.78 Å². The maximum Gasteiger partial charge on any atom is 0.282 e. The van der Waals surface area contributed by atoms with Gasteiger partial charge in [0.25, 0.3) is 11.2 Å². The van der Waals surface area contributed by atoms with E-state index in [9.17, 15) is 14.9 Å². The first-order valence-corrected chi connectivity index (χ1v) is 15.8. The molecular weight excluding hydrogens is 720 g/mol. The highest BCUT2D eigenvalue weighted by Crippen LogP contribution is 2.43. The molecule has 0 bridgehead atoms. The van der Waals surface area contributed by atoms with E-state index in [1.807, 2.05) is 31.2 Å². The maximum atomic E-state index is 13.9. The van der Waals surface area contributed by atoms with Crippen molar-refractivity contribution in [3.63, 3.8) is 0 Å². The Morgan fingerprint density at radius 3 is 2.35 bits per heavy atom. The molecule has 0 aliphatic rings. The van der Waals surface area contributed by atoms with Gasteiger partial charge in [0, 0.05) is 27.7 Å². The van der Waals surface area contributed by atoms with E-state index >= 15 is 0 Å². The van der Waals surface area contributed by atoms with Gasteiger partial charge in [0.15, 0.2) is 17.3 Å². The first-order chi connectivity index (χ1) is 22.0. The van der Waals surface area contributed by atoms with E-state index in [-0.39, 0.29) is 23.8 Å². The molecule has 0 N–H and O–H groups in total. The molecule has 10 nitrogen and oxygen atoms in total. The van der Waals surface area contributed by atoms with Gasteiger partial charge in [0.1, 0.15) is 12.4 Å². The van der Waals surface area contributed by atoms with Crippen molar-refractivity contribution in [3.05, 3.63) is 118 Å². The third kappa shape index (κ3) is 6.54. The fourth-order valence-electron chi connectivity index (χ4n) is 4.95. The molecule has 0 saturated carbocycles. The number of non-ortho nitro benzene ring substituents is 1. The Balaban J connectivity index is 1.58. The number of rotatable bonds is 10. The molecule has 0 aliphatic heterocycles. The normalized spacial score (nSPS) is 11.4. The predicted octanol–water partition coefficient (Wildman–Crippen LogP) is 8.41. The zero-order chi connectivity index (χ0) is 33.1. The van der Waals surface area contributed by atoms with Gasteiger partial charge in [-0.1, -0.05) is 26.0 Å². The summed E-state index contributed by atoms with van der Waals surface area (Å²) in [4.78, 5) is 29.3. The summed E-state index contributed by atoms with van der Waals surface area (Å²) in [6, 6.07) is 19.0. The summed E-state index contributed by atoms with van der Waals surface area (Å²) in [5.74, 6) is 2.17. The number of halogens is 2. The number of ether oxygens (including phenoxy) is 3. The van der Waals surface area contributed by atoms with Gasteiger partial charge < -0.3 is 14.2 Å². The van der Waals surface area contributed by atoms with Crippen LogP contribution >= 0.6 is 31.9 Å². The molecular formula is C34H30Br2N4O6. The van der Waals surface area contributed by atoms with Gasteiger partial charge in [-0.15, -0.1) is 0 Å². The Bertz CT molecular complexity index is 2040. The zero-order valence-electron chi connectivity index (χ0n) is 25.7. The first-order valence-electron chi connectivity index (χ1n) is 14.2. The van der Waals surface area contributed by atoms with Crippen molar-refractivity contribution in [3.8, 4) is 28.6 Å². The second-order valence-electron chi connectivity index (χ2n) is 10.7. The van der Waals surface area contributed by atoms with Crippen molar-refractivity contribution in [2.75, 3.05) is 14.2 Å². The Morgan fingerprint density at radius 1 is 1.00 bits per heavy atom. The van der Waals surface area contributed by atoms with Gasteiger partial charge in [-0.3, -0.25) is 14.9 Å². The first kappa shape index (κ1) is 32.8. The topological polar surface area (TPSA) is 118 Å². The number of aryl methyl sites for hydroxylation is 1. The molecule has 1 heterocycles. The van der Waals surface area contributed by atoms with Crippen LogP contribution in [0.25, 0.3) is 22.3 Å². The van der Waals surface area contributed by atoms with Crippen LogP contribution in [-0.2, 0) is 6.61 Å². The van der Waals surface area contributed by atoms with Crippen LogP contribution in [0.3, 0.4) is 0 Å². The van der Waals surface area contributed by atoms with Gasteiger partial charge in [0.2, 0.25) is 0 Å². The maximum absolute atomic E-state index is 13.9. The van der Waals surface area contributed by atoms with Gasteiger partial charge in [-0.25, -0.2) is 4.98 Å². The lowest BCUT2D eigenvalue weighted by Gasteiger charge is -2.17. The second kappa shape index (κ2) is 13.8. The lowest BCUT2D eigenvalue weighted by atomic mass is 9.96. The Labute approximate surface area is 282 Å². The van der Waals surface area contributed by atoms with Crippen molar-refractivity contribution in [2.45, 2.75) is 33.3 Å². The van der Waals surface area contributed by atoms with Gasteiger partial charge >= 0.3 is 0 Å². The second-order valence-corrected chi connectivity index (χ2v) is 12.3. The highest BCUT2D eigenvalue weighted by Gasteiger charge is 2.20. The summed E-state index contributed by atoms with van der Waals surface area (Å²) in [5.41, 5.74) is 4.23. The van der Waals surface area contributed by atoms with Crippen molar-refractivity contribution < 1.29 is 19.1 Å². The van der Waals surface area contributed by atoms with E-state index < -0.39 is 4.92 Å². The standard InChI is InChI=1S/C34H30Br2N4O6/c1-19(2)25-16-26(20(3)14-28(25)44-4)33-38-27-9-7-6-8-24(27)34(41)39(33)37-17-22-15-29(45-5)32(31(36)30(22)35)46-18-21-10-12-23(13-11-21)40(42)43/h6-17,19H,18H2,1-5H3. The number of nitro groups is 1. The number of methoxy groups -OCH3 is 2. The fraction of sp³-hybridized carbons (Fsp3) is 0.206. The molecule has 0 aliphatic carbocycles. The molecule has 5 rings (SSSR count). The molecule has 1 aromatic heterocycles. The minimum atomic E-state index is -0.451. The van der Waals surface area contributed by atoms with Gasteiger partial charge in [0.05, 0.1) is 40.7 Å². The zero-order valence-corrected chi connectivity index (χ0v) is 28.9. The van der Waals surface area contributed by atoms with Crippen LogP contribution in [0.15, 0.2) is 85.6 Å². The van der Waals surface area contributed by atoms with Crippen molar-refractivity contribution in [1.82, 2.24) is 9.66 Å². The molecule has 0 saturated heterocycles. The Morgan fingerprint density at radius 2 is 1.70 bits per heavy atom. The van der Waals surface area contributed by atoms with Crippen molar-refractivity contribution in [2.24, 2.45) is 5.10 Å². The van der Waals surface area contributed by atoms with Crippen LogP contribution in [0.4, 0.5) is 5.69 Å². The van der Waals surface area contributed by atoms with Crippen LogP contribution in [0.2, 0.25) is 0 Å². The summed E-state index contributed by atoms with van der Waals surface area (Å²) in [7, 11) is 3.16. The SMILES string of the molecule is COc1cc(C)c(-c2nc3ccccc3c(=O)n2N=Cc2cc(OC)c(OCc3ccc([N+](=O)[O-])cc3)c(Br)c2Br)cc1C(C)C. The number of fused-ring (bicyclic) bond motifs is 1. The molecule has 0 atom stereocenters. The smallest absolute Gasteiger partial charge is 0.282 e. The van der Waals surface area contributed by atoms with Crippen LogP contribution in [0.1, 0.15) is 42.0 Å². The largest absolute Gasteiger partial charge is 0.496 e. The Kier molecular flexibility index (Phi) is 9.88. The van der Waals surface area contributed by atoms with Crippen LogP contribution in [-0.4, -0.2) is 35.0 Å². The number of nitro benzene ring substituents is 1. The third-order valence-electron chi connectivity index (χ3n) is 7.41. The van der Waals surface area contributed by atoms with Crippen LogP contribution < -0.4 is 19.8 Å². The summed E-state index contributed by atoms with van der Waals surface area (Å²) < 4.78 is 19.8. The summed E-state index contributed by atoms with van der Waals surface area (Å²) in [6.45, 7) is 6.26. The van der Waals surface area contributed by atoms with E-state index in [0.717, 1.165) is 28.0 Å². The lowest BCUT2D eigenvalue weighted by Crippen LogP contribution is -2.21. The molecule has 12 heteroatoms. The highest BCUT2D eigenvalue weighted by molar-refractivity contribution is 9.13. The van der Waals surface area contributed by atoms with E-state index in [2.05, 4.69) is 50.8 Å². The minimum absolute atomic E-state index is 0.000266. The van der Waals surface area contributed by atoms with Gasteiger partial charge in [-0.05, 0) is 104 Å². The molecule has 5 aromatic rings. The molecule has 4 aromatic carbocycles. The predicted molar refractivity (Wildman–Crippen MR) is 186 cm³/mol. The average Bonchev–Trinajstić information content (AvgIpc) is 3.05. The molecule has 0 fully saturated rings. The molecule has 0 unspecified atom stereocenters. The molecule has 236 valence electrons.